The van der Waals surface area contributed by atoms with Gasteiger partial charge < -0.3 is 18.9 Å². The van der Waals surface area contributed by atoms with Gasteiger partial charge in [0.1, 0.15) is 19.3 Å². The van der Waals surface area contributed by atoms with Crippen LogP contribution in [0.2, 0.25) is 0 Å². The number of likely N-dealkylation sites (N-methyl/N-ethyl adjacent to an activating group) is 1. The van der Waals surface area contributed by atoms with Crippen LogP contribution in [-0.4, -0.2) is 75.6 Å². The zero-order chi connectivity index (χ0) is 46.2. The van der Waals surface area contributed by atoms with Crippen molar-refractivity contribution in [2.24, 2.45) is 0 Å². The molecule has 0 aromatic carbocycles. The van der Waals surface area contributed by atoms with Crippen molar-refractivity contribution in [3.05, 3.63) is 85.1 Å². The van der Waals surface area contributed by atoms with Gasteiger partial charge in [-0.3, -0.25) is 13.8 Å². The molecule has 0 saturated heterocycles. The second-order valence-electron chi connectivity index (χ2n) is 17.8. The first-order chi connectivity index (χ1) is 30.6. The molecule has 0 aliphatic rings. The van der Waals surface area contributed by atoms with Gasteiger partial charge in [-0.1, -0.05) is 182 Å². The minimum atomic E-state index is -4.29. The lowest BCUT2D eigenvalue weighted by atomic mass is 10.1. The van der Waals surface area contributed by atoms with Crippen LogP contribution >= 0.6 is 7.82 Å². The second kappa shape index (κ2) is 46.2. The predicted molar refractivity (Wildman–Crippen MR) is 270 cm³/mol. The molecule has 0 saturated carbocycles. The largest absolute Gasteiger partial charge is 0.472 e. The Balaban J connectivity index is 4.18. The number of phosphoric acid groups is 1. The van der Waals surface area contributed by atoms with Crippen molar-refractivity contribution in [2.45, 2.75) is 200 Å². The molecule has 1 N–H and O–H groups in total. The minimum absolute atomic E-state index is 0.0809. The molecule has 0 amide bonds. The average molecular weight is 903 g/mol. The lowest BCUT2D eigenvalue weighted by Gasteiger charge is -2.24. The van der Waals surface area contributed by atoms with Gasteiger partial charge in [-0.05, 0) is 89.9 Å². The molecule has 2 atom stereocenters. The third-order valence-corrected chi connectivity index (χ3v) is 11.4. The summed E-state index contributed by atoms with van der Waals surface area (Å²) in [5.41, 5.74) is 0. The number of carbonyl (C=O) groups is 1. The van der Waals surface area contributed by atoms with Gasteiger partial charge in [-0.25, -0.2) is 4.57 Å². The van der Waals surface area contributed by atoms with E-state index in [1.807, 2.05) is 21.1 Å². The number of esters is 1. The van der Waals surface area contributed by atoms with E-state index in [4.69, 9.17) is 18.5 Å². The molecule has 0 aliphatic heterocycles. The monoisotopic (exact) mass is 903 g/mol. The van der Waals surface area contributed by atoms with Crippen LogP contribution in [0.5, 0.6) is 0 Å². The van der Waals surface area contributed by atoms with Gasteiger partial charge in [0.2, 0.25) is 0 Å². The number of allylic oxidation sites excluding steroid dienone is 14. The van der Waals surface area contributed by atoms with Gasteiger partial charge in [-0.15, -0.1) is 0 Å². The Hall–Kier alpha value is -2.32. The molecule has 0 aromatic heterocycles. The van der Waals surface area contributed by atoms with Gasteiger partial charge >= 0.3 is 13.8 Å². The second-order valence-corrected chi connectivity index (χ2v) is 19.3. The van der Waals surface area contributed by atoms with Crippen LogP contribution in [0.1, 0.15) is 194 Å². The van der Waals surface area contributed by atoms with Crippen LogP contribution < -0.4 is 0 Å². The smallest absolute Gasteiger partial charge is 0.457 e. The molecule has 9 heteroatoms. The van der Waals surface area contributed by atoms with Gasteiger partial charge in [0.25, 0.3) is 0 Å². The highest BCUT2D eigenvalue weighted by atomic mass is 31.2. The molecular weight excluding hydrogens is 806 g/mol. The quantitative estimate of drug-likeness (QED) is 0.0214. The van der Waals surface area contributed by atoms with E-state index in [1.165, 1.54) is 89.9 Å². The Morgan fingerprint density at radius 2 is 0.921 bits per heavy atom. The lowest BCUT2D eigenvalue weighted by molar-refractivity contribution is -0.870. The van der Waals surface area contributed by atoms with Crippen LogP contribution in [0.4, 0.5) is 0 Å². The van der Waals surface area contributed by atoms with Gasteiger partial charge in [0, 0.05) is 13.0 Å². The van der Waals surface area contributed by atoms with Crippen molar-refractivity contribution >= 4 is 13.8 Å². The normalized spacial score (nSPS) is 14.3. The molecule has 0 bridgehead atoms. The molecule has 0 rings (SSSR count). The van der Waals surface area contributed by atoms with Crippen molar-refractivity contribution in [1.29, 1.82) is 0 Å². The number of hydrogen-bond donors (Lipinski definition) is 1. The topological polar surface area (TPSA) is 91.3 Å². The van der Waals surface area contributed by atoms with Crippen LogP contribution in [0.15, 0.2) is 85.1 Å². The van der Waals surface area contributed by atoms with E-state index >= 15 is 0 Å². The Kier molecular flexibility index (Phi) is 44.5. The van der Waals surface area contributed by atoms with E-state index in [9.17, 15) is 14.3 Å². The van der Waals surface area contributed by atoms with Crippen molar-refractivity contribution in [3.8, 4) is 0 Å². The van der Waals surface area contributed by atoms with Crippen LogP contribution in [0.3, 0.4) is 0 Å². The van der Waals surface area contributed by atoms with Crippen molar-refractivity contribution in [3.63, 3.8) is 0 Å². The third kappa shape index (κ3) is 50.5. The summed E-state index contributed by atoms with van der Waals surface area (Å²) in [5, 5.41) is 0. The van der Waals surface area contributed by atoms with Crippen molar-refractivity contribution in [2.75, 3.05) is 54.1 Å². The van der Waals surface area contributed by atoms with E-state index in [2.05, 4.69) is 98.9 Å². The zero-order valence-corrected chi connectivity index (χ0v) is 42.2. The highest BCUT2D eigenvalue weighted by molar-refractivity contribution is 7.47. The standard InChI is InChI=1S/C54H96NO7P/c1-6-8-10-12-14-16-18-20-22-24-25-26-27-28-29-30-31-32-33-35-37-39-41-43-45-47-54(56)62-53(52-61-63(57,58)60-50-48-55(3,4)5)51-59-49-46-44-42-40-38-36-34-23-21-19-17-15-13-11-9-7-2/h8,10,14-17,20-23,25-26,28-29,53H,6-7,9,11-13,18-19,24,27,30-52H2,1-5H3/p+1/b10-8-,16-14-,17-15-,22-20-,23-21-,26-25-,29-28-. The van der Waals surface area contributed by atoms with E-state index < -0.39 is 13.9 Å². The van der Waals surface area contributed by atoms with E-state index in [0.29, 0.717) is 24.1 Å². The van der Waals surface area contributed by atoms with Gasteiger partial charge in [0.15, 0.2) is 0 Å². The van der Waals surface area contributed by atoms with Gasteiger partial charge in [-0.2, -0.15) is 0 Å². The summed E-state index contributed by atoms with van der Waals surface area (Å²) >= 11 is 0. The number of carbonyl (C=O) groups excluding carboxylic acids is 1. The first kappa shape index (κ1) is 60.7. The van der Waals surface area contributed by atoms with Crippen molar-refractivity contribution < 1.29 is 37.3 Å². The fourth-order valence-electron chi connectivity index (χ4n) is 6.55. The fourth-order valence-corrected chi connectivity index (χ4v) is 7.29. The predicted octanol–water partition coefficient (Wildman–Crippen LogP) is 15.6. The van der Waals surface area contributed by atoms with Crippen molar-refractivity contribution in [1.82, 2.24) is 0 Å². The maximum Gasteiger partial charge on any atom is 0.472 e. The molecule has 364 valence electrons. The highest BCUT2D eigenvalue weighted by Crippen LogP contribution is 2.43. The summed E-state index contributed by atoms with van der Waals surface area (Å²) in [7, 11) is 1.64. The number of phosphoric ester groups is 1. The molecule has 2 unspecified atom stereocenters. The average Bonchev–Trinajstić information content (AvgIpc) is 3.24. The molecule has 0 heterocycles. The number of quaternary nitrogens is 1. The number of rotatable bonds is 46. The number of unbranched alkanes of at least 4 members (excludes halogenated alkanes) is 18. The molecular formula is C54H97NO7P+. The SMILES string of the molecule is CC/C=C\C/C=C\C/C=C\C/C=C\C/C=C\CCCCCCCCCCCC(=O)OC(COCCCCCCCC/C=C\C/C=C\CCCCC)COP(=O)(O)OCC[N+](C)(C)C. The van der Waals surface area contributed by atoms with Crippen LogP contribution in [0, 0.1) is 0 Å². The first-order valence-corrected chi connectivity index (χ1v) is 26.8. The van der Waals surface area contributed by atoms with E-state index in [0.717, 1.165) is 83.5 Å². The lowest BCUT2D eigenvalue weighted by Crippen LogP contribution is -2.37. The van der Waals surface area contributed by atoms with Gasteiger partial charge in [0.05, 0.1) is 34.4 Å². The Bertz CT molecular complexity index is 1280. The highest BCUT2D eigenvalue weighted by Gasteiger charge is 2.26. The molecule has 0 spiro atoms. The maximum atomic E-state index is 12.8. The number of ether oxygens (including phenoxy) is 2. The summed E-state index contributed by atoms with van der Waals surface area (Å²) in [6.45, 7) is 5.44. The number of hydrogen-bond acceptors (Lipinski definition) is 6. The summed E-state index contributed by atoms with van der Waals surface area (Å²) in [6.07, 6.45) is 61.9. The Morgan fingerprint density at radius 3 is 1.38 bits per heavy atom. The zero-order valence-electron chi connectivity index (χ0n) is 41.3. The summed E-state index contributed by atoms with van der Waals surface area (Å²) in [4.78, 5) is 23.0. The van der Waals surface area contributed by atoms with E-state index in [1.54, 1.807) is 0 Å². The molecule has 0 aliphatic carbocycles. The summed E-state index contributed by atoms with van der Waals surface area (Å²) in [5.74, 6) is -0.327. The van der Waals surface area contributed by atoms with Crippen LogP contribution in [0.25, 0.3) is 0 Å². The maximum absolute atomic E-state index is 12.8. The fraction of sp³-hybridized carbons (Fsp3) is 0.722. The molecule has 0 aromatic rings. The Labute approximate surface area is 388 Å². The minimum Gasteiger partial charge on any atom is -0.457 e. The Morgan fingerprint density at radius 1 is 0.508 bits per heavy atom. The summed E-state index contributed by atoms with van der Waals surface area (Å²) < 4.78 is 35.1. The number of nitrogens with zero attached hydrogens (tertiary/aromatic N) is 1. The molecule has 63 heavy (non-hydrogen) atoms. The molecule has 8 nitrogen and oxygen atoms in total. The first-order valence-electron chi connectivity index (χ1n) is 25.3. The third-order valence-electron chi connectivity index (χ3n) is 10.4. The van der Waals surface area contributed by atoms with Crippen LogP contribution in [-0.2, 0) is 27.9 Å². The molecule has 0 radical (unpaired) electrons. The van der Waals surface area contributed by atoms with E-state index in [-0.39, 0.29) is 25.8 Å². The molecule has 0 fully saturated rings. The summed E-state index contributed by atoms with van der Waals surface area (Å²) in [6, 6.07) is 0.